The molecule has 1 saturated heterocycles. The topological polar surface area (TPSA) is 54.5 Å². The molecule has 1 aromatic rings. The predicted octanol–water partition coefficient (Wildman–Crippen LogP) is 2.15. The minimum atomic E-state index is -3.80. The average molecular weight is 326 g/mol. The summed E-state index contributed by atoms with van der Waals surface area (Å²) in [6.07, 6.45) is -0.183. The number of rotatable bonds is 3. The molecule has 1 unspecified atom stereocenters. The SMILES string of the molecule is O=C1CC(S(=O)(=O)Cl)CN1Cc1c(F)cccc1Cl. The van der Waals surface area contributed by atoms with Crippen LogP contribution in [0.15, 0.2) is 18.2 Å². The number of benzene rings is 1. The fourth-order valence-corrected chi connectivity index (χ4v) is 3.23. The number of carbonyl (C=O) groups is 1. The molecule has 1 aliphatic heterocycles. The van der Waals surface area contributed by atoms with Gasteiger partial charge in [-0.15, -0.1) is 0 Å². The zero-order valence-corrected chi connectivity index (χ0v) is 12.0. The molecule has 4 nitrogen and oxygen atoms in total. The predicted molar refractivity (Wildman–Crippen MR) is 70.0 cm³/mol. The van der Waals surface area contributed by atoms with E-state index < -0.39 is 20.1 Å². The van der Waals surface area contributed by atoms with Crippen molar-refractivity contribution in [1.29, 1.82) is 0 Å². The summed E-state index contributed by atoms with van der Waals surface area (Å²) in [5.41, 5.74) is 0.171. The summed E-state index contributed by atoms with van der Waals surface area (Å²) in [4.78, 5) is 12.9. The molecule has 1 aromatic carbocycles. The van der Waals surface area contributed by atoms with E-state index in [1.54, 1.807) is 0 Å². The van der Waals surface area contributed by atoms with E-state index in [1.807, 2.05) is 0 Å². The van der Waals surface area contributed by atoms with Crippen LogP contribution in [-0.4, -0.2) is 31.0 Å². The lowest BCUT2D eigenvalue weighted by Gasteiger charge is -2.17. The number of halogens is 3. The Morgan fingerprint density at radius 1 is 1.42 bits per heavy atom. The second-order valence-corrected chi connectivity index (χ2v) is 7.59. The molecule has 2 rings (SSSR count). The Morgan fingerprint density at radius 2 is 2.11 bits per heavy atom. The Balaban J connectivity index is 2.19. The van der Waals surface area contributed by atoms with Crippen LogP contribution in [0.5, 0.6) is 0 Å². The third kappa shape index (κ3) is 3.19. The second kappa shape index (κ2) is 5.26. The Kier molecular flexibility index (Phi) is 4.03. The average Bonchev–Trinajstić information content (AvgIpc) is 2.65. The zero-order chi connectivity index (χ0) is 14.2. The number of amides is 1. The van der Waals surface area contributed by atoms with E-state index in [4.69, 9.17) is 22.3 Å². The van der Waals surface area contributed by atoms with Crippen LogP contribution in [0.1, 0.15) is 12.0 Å². The Morgan fingerprint density at radius 3 is 2.63 bits per heavy atom. The summed E-state index contributed by atoms with van der Waals surface area (Å²) in [5.74, 6) is -0.911. The largest absolute Gasteiger partial charge is 0.337 e. The molecule has 1 amide bonds. The Labute approximate surface area is 119 Å². The van der Waals surface area contributed by atoms with Crippen LogP contribution >= 0.6 is 22.3 Å². The summed E-state index contributed by atoms with van der Waals surface area (Å²) >= 11 is 5.86. The van der Waals surface area contributed by atoms with Gasteiger partial charge in [0.2, 0.25) is 15.0 Å². The summed E-state index contributed by atoms with van der Waals surface area (Å²) < 4.78 is 36.0. The smallest absolute Gasteiger partial charge is 0.237 e. The fourth-order valence-electron chi connectivity index (χ4n) is 1.95. The van der Waals surface area contributed by atoms with E-state index in [0.29, 0.717) is 0 Å². The first kappa shape index (κ1) is 14.6. The van der Waals surface area contributed by atoms with Gasteiger partial charge < -0.3 is 4.90 Å². The molecular formula is C11H10Cl2FNO3S. The summed E-state index contributed by atoms with van der Waals surface area (Å²) in [5, 5.41) is -0.753. The van der Waals surface area contributed by atoms with Gasteiger partial charge in [-0.3, -0.25) is 4.79 Å². The van der Waals surface area contributed by atoms with E-state index in [-0.39, 0.29) is 36.0 Å². The highest BCUT2D eigenvalue weighted by Crippen LogP contribution is 2.26. The highest BCUT2D eigenvalue weighted by atomic mass is 35.7. The lowest BCUT2D eigenvalue weighted by molar-refractivity contribution is -0.128. The first-order valence-electron chi connectivity index (χ1n) is 5.43. The molecule has 8 heteroatoms. The van der Waals surface area contributed by atoms with Gasteiger partial charge in [0.15, 0.2) is 0 Å². The van der Waals surface area contributed by atoms with Crippen LogP contribution in [0.3, 0.4) is 0 Å². The molecule has 0 aromatic heterocycles. The van der Waals surface area contributed by atoms with Gasteiger partial charge in [0.1, 0.15) is 11.1 Å². The first-order chi connectivity index (χ1) is 8.79. The monoisotopic (exact) mass is 325 g/mol. The lowest BCUT2D eigenvalue weighted by atomic mass is 10.2. The van der Waals surface area contributed by atoms with Crippen LogP contribution in [0.2, 0.25) is 5.02 Å². The van der Waals surface area contributed by atoms with Crippen molar-refractivity contribution in [3.8, 4) is 0 Å². The van der Waals surface area contributed by atoms with Gasteiger partial charge in [-0.2, -0.15) is 0 Å². The third-order valence-electron chi connectivity index (χ3n) is 2.99. The molecule has 1 fully saturated rings. The van der Waals surface area contributed by atoms with Crippen molar-refractivity contribution in [1.82, 2.24) is 4.90 Å². The van der Waals surface area contributed by atoms with Crippen molar-refractivity contribution in [3.05, 3.63) is 34.6 Å². The highest BCUT2D eigenvalue weighted by molar-refractivity contribution is 8.14. The van der Waals surface area contributed by atoms with Crippen LogP contribution in [0, 0.1) is 5.82 Å². The van der Waals surface area contributed by atoms with Gasteiger partial charge in [-0.05, 0) is 12.1 Å². The molecular weight excluding hydrogens is 316 g/mol. The minimum Gasteiger partial charge on any atom is -0.337 e. The third-order valence-corrected chi connectivity index (χ3v) is 5.21. The quantitative estimate of drug-likeness (QED) is 0.800. The zero-order valence-electron chi connectivity index (χ0n) is 9.64. The van der Waals surface area contributed by atoms with Crippen molar-refractivity contribution < 1.29 is 17.6 Å². The molecule has 1 heterocycles. The van der Waals surface area contributed by atoms with Crippen LogP contribution in [-0.2, 0) is 20.4 Å². The van der Waals surface area contributed by atoms with E-state index in [1.165, 1.54) is 23.1 Å². The van der Waals surface area contributed by atoms with E-state index in [0.717, 1.165) is 0 Å². The minimum absolute atomic E-state index is 0.0463. The molecule has 1 aliphatic rings. The number of likely N-dealkylation sites (tertiary alicyclic amines) is 1. The van der Waals surface area contributed by atoms with Crippen molar-refractivity contribution in [2.45, 2.75) is 18.2 Å². The highest BCUT2D eigenvalue weighted by Gasteiger charge is 2.37. The summed E-state index contributed by atoms with van der Waals surface area (Å²) in [6, 6.07) is 4.20. The van der Waals surface area contributed by atoms with Gasteiger partial charge in [0.25, 0.3) is 0 Å². The maximum absolute atomic E-state index is 13.6. The van der Waals surface area contributed by atoms with Crippen LogP contribution in [0.25, 0.3) is 0 Å². The Bertz CT molecular complexity index is 600. The van der Waals surface area contributed by atoms with E-state index in [9.17, 15) is 17.6 Å². The molecule has 0 N–H and O–H groups in total. The van der Waals surface area contributed by atoms with Gasteiger partial charge in [-0.1, -0.05) is 17.7 Å². The van der Waals surface area contributed by atoms with Crippen molar-refractivity contribution in [2.24, 2.45) is 0 Å². The van der Waals surface area contributed by atoms with Gasteiger partial charge in [0.05, 0.1) is 6.54 Å². The second-order valence-electron chi connectivity index (χ2n) is 4.28. The molecule has 0 saturated carbocycles. The van der Waals surface area contributed by atoms with Crippen molar-refractivity contribution >= 4 is 37.2 Å². The lowest BCUT2D eigenvalue weighted by Crippen LogP contribution is -2.27. The normalized spacial score (nSPS) is 20.1. The number of hydrogen-bond donors (Lipinski definition) is 0. The number of hydrogen-bond acceptors (Lipinski definition) is 3. The molecule has 0 aliphatic carbocycles. The number of carbonyl (C=O) groups excluding carboxylic acids is 1. The van der Waals surface area contributed by atoms with Crippen LogP contribution < -0.4 is 0 Å². The van der Waals surface area contributed by atoms with E-state index in [2.05, 4.69) is 0 Å². The van der Waals surface area contributed by atoms with Gasteiger partial charge in [0, 0.05) is 34.2 Å². The number of nitrogens with zero attached hydrogens (tertiary/aromatic N) is 1. The van der Waals surface area contributed by atoms with Crippen molar-refractivity contribution in [3.63, 3.8) is 0 Å². The van der Waals surface area contributed by atoms with E-state index >= 15 is 0 Å². The Hall–Kier alpha value is -0.850. The molecule has 19 heavy (non-hydrogen) atoms. The summed E-state index contributed by atoms with van der Waals surface area (Å²) in [6.45, 7) is -0.109. The molecule has 1 atom stereocenters. The van der Waals surface area contributed by atoms with Crippen molar-refractivity contribution in [2.75, 3.05) is 6.54 Å². The van der Waals surface area contributed by atoms with Crippen LogP contribution in [0.4, 0.5) is 4.39 Å². The van der Waals surface area contributed by atoms with Gasteiger partial charge in [-0.25, -0.2) is 12.8 Å². The summed E-state index contributed by atoms with van der Waals surface area (Å²) in [7, 11) is 1.43. The maximum atomic E-state index is 13.6. The molecule has 0 radical (unpaired) electrons. The fraction of sp³-hybridized carbons (Fsp3) is 0.364. The first-order valence-corrected chi connectivity index (χ1v) is 8.18. The molecule has 0 spiro atoms. The molecule has 104 valence electrons. The molecule has 0 bridgehead atoms. The van der Waals surface area contributed by atoms with Gasteiger partial charge >= 0.3 is 0 Å². The maximum Gasteiger partial charge on any atom is 0.237 e. The standard InChI is InChI=1S/C11H10Cl2FNO3S/c12-9-2-1-3-10(14)8(9)6-15-5-7(4-11(15)16)19(13,17)18/h1-3,7H,4-6H2.